The van der Waals surface area contributed by atoms with Crippen LogP contribution >= 0.6 is 0 Å². The van der Waals surface area contributed by atoms with Crippen LogP contribution in [0.4, 0.5) is 43.9 Å². The zero-order chi connectivity index (χ0) is 47.5. The first-order chi connectivity index (χ1) is 32.6. The average Bonchev–Trinajstić information content (AvgIpc) is 3.62. The van der Waals surface area contributed by atoms with E-state index >= 15 is 0 Å². The van der Waals surface area contributed by atoms with E-state index in [2.05, 4.69) is 14.5 Å². The number of alkyl halides is 6. The first-order valence-electron chi connectivity index (χ1n) is 21.0. The van der Waals surface area contributed by atoms with Gasteiger partial charge in [-0.15, -0.1) is 0 Å². The van der Waals surface area contributed by atoms with E-state index in [1.807, 2.05) is 66.7 Å². The fraction of sp³-hybridized carbons (Fsp3) is 0.0545. The van der Waals surface area contributed by atoms with Crippen LogP contribution in [0.15, 0.2) is 176 Å². The van der Waals surface area contributed by atoms with Crippen molar-refractivity contribution in [2.24, 2.45) is 0 Å². The van der Waals surface area contributed by atoms with Crippen LogP contribution in [0.2, 0.25) is 0 Å². The van der Waals surface area contributed by atoms with Crippen LogP contribution in [0.1, 0.15) is 16.7 Å². The molecule has 0 saturated carbocycles. The highest BCUT2D eigenvalue weighted by atomic mass is 19.4. The molecule has 7 aromatic carbocycles. The summed E-state index contributed by atoms with van der Waals surface area (Å²) in [6.07, 6.45) is -9.64. The number of fused-ring (bicyclic) bond motifs is 3. The lowest BCUT2D eigenvalue weighted by atomic mass is 9.96. The van der Waals surface area contributed by atoms with E-state index in [4.69, 9.17) is 0 Å². The predicted molar refractivity (Wildman–Crippen MR) is 243 cm³/mol. The Balaban J connectivity index is 1.10. The lowest BCUT2D eigenvalue weighted by Gasteiger charge is -2.15. The molecule has 10 aromatic rings. The Labute approximate surface area is 381 Å². The van der Waals surface area contributed by atoms with Gasteiger partial charge in [-0.3, -0.25) is 0 Å². The number of hydrogen-bond donors (Lipinski definition) is 0. The molecule has 0 unspecified atom stereocenters. The molecular weight excluding hydrogens is 893 g/mol. The molecule has 13 heteroatoms. The monoisotopic (exact) mass is 923 g/mol. The molecule has 68 heavy (non-hydrogen) atoms. The van der Waals surface area contributed by atoms with Gasteiger partial charge in [0.2, 0.25) is 0 Å². The maximum Gasteiger partial charge on any atom is 0.418 e. The van der Waals surface area contributed by atoms with Crippen LogP contribution in [-0.2, 0) is 18.9 Å². The Kier molecular flexibility index (Phi) is 10.9. The van der Waals surface area contributed by atoms with Gasteiger partial charge < -0.3 is 4.57 Å². The van der Waals surface area contributed by atoms with Crippen molar-refractivity contribution in [1.29, 1.82) is 0 Å². The summed E-state index contributed by atoms with van der Waals surface area (Å²) in [6.45, 7) is 0.470. The smallest absolute Gasteiger partial charge is 0.336 e. The van der Waals surface area contributed by atoms with E-state index in [1.165, 1.54) is 12.1 Å². The minimum atomic E-state index is -4.82. The van der Waals surface area contributed by atoms with Crippen LogP contribution in [0.25, 0.3) is 89.1 Å². The van der Waals surface area contributed by atoms with Gasteiger partial charge in [0.15, 0.2) is 0 Å². The normalized spacial score (nSPS) is 12.0. The molecule has 0 atom stereocenters. The molecular formula is C55H31F10N3. The average molecular weight is 924 g/mol. The molecule has 0 N–H and O–H groups in total. The summed E-state index contributed by atoms with van der Waals surface area (Å²) in [5.41, 5.74) is 1.68. The fourth-order valence-corrected chi connectivity index (χ4v) is 8.60. The third kappa shape index (κ3) is 8.36. The number of hydrogen-bond acceptors (Lipinski definition) is 2. The maximum absolute atomic E-state index is 14.8. The van der Waals surface area contributed by atoms with Crippen molar-refractivity contribution in [1.82, 2.24) is 14.5 Å². The second kappa shape index (κ2) is 17.0. The second-order valence-corrected chi connectivity index (χ2v) is 16.1. The number of benzene rings is 7. The van der Waals surface area contributed by atoms with Crippen molar-refractivity contribution in [3.05, 3.63) is 216 Å². The summed E-state index contributed by atoms with van der Waals surface area (Å²) in [5.74, 6) is -3.66. The molecule has 0 aliphatic rings. The van der Waals surface area contributed by atoms with E-state index < -0.39 is 58.1 Å². The molecule has 0 spiro atoms. The zero-order valence-electron chi connectivity index (χ0n) is 35.1. The third-order valence-corrected chi connectivity index (χ3v) is 11.8. The Bertz CT molecular complexity index is 3360. The first-order valence-corrected chi connectivity index (χ1v) is 21.0. The van der Waals surface area contributed by atoms with Gasteiger partial charge >= 0.3 is 12.4 Å². The zero-order valence-corrected chi connectivity index (χ0v) is 35.1. The fourth-order valence-electron chi connectivity index (χ4n) is 8.60. The van der Waals surface area contributed by atoms with Crippen molar-refractivity contribution in [3.63, 3.8) is 0 Å². The standard InChI is InChI=1S/C55H31F10N3/c56-38-14-16-40(46(58)28-38)48-20-18-44(54(60,61)62)52(66-48)36-10-4-8-32(24-36)34-12-22-50-42(26-34)43-27-35(13-23-51(43)68(50)30-31-6-2-1-3-7-31)33-9-5-11-37(25-33)53-45(55(63,64)65)19-21-49(67-53)41-17-15-39(57)29-47(41)59/h1-29H,30H2. The SMILES string of the molecule is Fc1ccc(-c2ccc(C(F)(F)F)c(-c3cccc(-c4ccc5c(c4)c4cc(-c6cccc(-c7nc(-c8ccc(F)cc8F)ccc7C(F)(F)F)c6)ccc4n5Cc4ccccc4)c3)n2)c(F)c1. The molecule has 3 heterocycles. The van der Waals surface area contributed by atoms with Gasteiger partial charge in [0.05, 0.1) is 33.9 Å². The predicted octanol–water partition coefficient (Wildman–Crippen LogP) is 16.2. The van der Waals surface area contributed by atoms with Crippen molar-refractivity contribution in [3.8, 4) is 67.3 Å². The van der Waals surface area contributed by atoms with Gasteiger partial charge in [-0.25, -0.2) is 27.5 Å². The molecule has 10 rings (SSSR count). The largest absolute Gasteiger partial charge is 0.418 e. The Morgan fingerprint density at radius 1 is 0.382 bits per heavy atom. The Hall–Kier alpha value is -8.06. The minimum absolute atomic E-state index is 0.101. The molecule has 0 amide bonds. The lowest BCUT2D eigenvalue weighted by Crippen LogP contribution is -2.09. The Morgan fingerprint density at radius 3 is 1.24 bits per heavy atom. The minimum Gasteiger partial charge on any atom is -0.336 e. The van der Waals surface area contributed by atoms with E-state index in [0.29, 0.717) is 40.9 Å². The molecule has 0 radical (unpaired) electrons. The quantitative estimate of drug-likeness (QED) is 0.142. The molecule has 336 valence electrons. The summed E-state index contributed by atoms with van der Waals surface area (Å²) in [4.78, 5) is 8.54. The number of pyridine rings is 2. The number of nitrogens with zero attached hydrogens (tertiary/aromatic N) is 3. The first kappa shape index (κ1) is 43.8. The maximum atomic E-state index is 14.8. The highest BCUT2D eigenvalue weighted by Crippen LogP contribution is 2.42. The van der Waals surface area contributed by atoms with E-state index in [1.54, 1.807) is 36.4 Å². The molecule has 0 saturated heterocycles. The lowest BCUT2D eigenvalue weighted by molar-refractivity contribution is -0.138. The molecule has 0 aliphatic carbocycles. The van der Waals surface area contributed by atoms with Crippen molar-refractivity contribution < 1.29 is 43.9 Å². The van der Waals surface area contributed by atoms with Gasteiger partial charge in [0.25, 0.3) is 0 Å². The summed E-state index contributed by atoms with van der Waals surface area (Å²) in [5, 5.41) is 1.55. The van der Waals surface area contributed by atoms with Crippen LogP contribution in [0.3, 0.4) is 0 Å². The van der Waals surface area contributed by atoms with Crippen LogP contribution in [0.5, 0.6) is 0 Å². The molecule has 0 bridgehead atoms. The molecule has 0 aliphatic heterocycles. The summed E-state index contributed by atoms with van der Waals surface area (Å²) in [6, 6.07) is 43.1. The number of aromatic nitrogens is 3. The van der Waals surface area contributed by atoms with Crippen LogP contribution in [-0.4, -0.2) is 14.5 Å². The molecule has 3 aromatic heterocycles. The van der Waals surface area contributed by atoms with Gasteiger partial charge in [-0.05, 0) is 113 Å². The highest BCUT2D eigenvalue weighted by Gasteiger charge is 2.36. The molecule has 3 nitrogen and oxygen atoms in total. The second-order valence-electron chi connectivity index (χ2n) is 16.1. The number of rotatable bonds is 8. The van der Waals surface area contributed by atoms with Crippen molar-refractivity contribution in [2.75, 3.05) is 0 Å². The van der Waals surface area contributed by atoms with Gasteiger partial charge in [0.1, 0.15) is 23.3 Å². The van der Waals surface area contributed by atoms with Crippen LogP contribution < -0.4 is 0 Å². The summed E-state index contributed by atoms with van der Waals surface area (Å²) < 4.78 is 146. The van der Waals surface area contributed by atoms with Crippen molar-refractivity contribution >= 4 is 21.8 Å². The Morgan fingerprint density at radius 2 is 0.809 bits per heavy atom. The molecule has 0 fully saturated rings. The van der Waals surface area contributed by atoms with E-state index in [-0.39, 0.29) is 33.6 Å². The van der Waals surface area contributed by atoms with E-state index in [9.17, 15) is 43.9 Å². The van der Waals surface area contributed by atoms with Crippen LogP contribution in [0, 0.1) is 23.3 Å². The van der Waals surface area contributed by atoms with E-state index in [0.717, 1.165) is 75.9 Å². The van der Waals surface area contributed by atoms with Crippen molar-refractivity contribution in [2.45, 2.75) is 18.9 Å². The summed E-state index contributed by atoms with van der Waals surface area (Å²) >= 11 is 0. The summed E-state index contributed by atoms with van der Waals surface area (Å²) in [7, 11) is 0. The topological polar surface area (TPSA) is 30.7 Å². The third-order valence-electron chi connectivity index (χ3n) is 11.8. The van der Waals surface area contributed by atoms with Gasteiger partial charge in [0, 0.05) is 62.7 Å². The van der Waals surface area contributed by atoms with Gasteiger partial charge in [-0.2, -0.15) is 26.3 Å². The highest BCUT2D eigenvalue weighted by molar-refractivity contribution is 6.10. The number of halogens is 10. The van der Waals surface area contributed by atoms with Gasteiger partial charge in [-0.1, -0.05) is 78.9 Å².